The first kappa shape index (κ1) is 57.6. The van der Waals surface area contributed by atoms with Crippen LogP contribution in [0.1, 0.15) is 51.4 Å². The van der Waals surface area contributed by atoms with Crippen LogP contribution in [0.5, 0.6) is 57.5 Å². The monoisotopic (exact) mass is 1120 g/mol. The first-order valence-corrected chi connectivity index (χ1v) is 27.8. The molecule has 0 spiro atoms. The Morgan fingerprint density at radius 1 is 0.325 bits per heavy atom. The van der Waals surface area contributed by atoms with Gasteiger partial charge in [0.2, 0.25) is 17.2 Å². The highest BCUT2D eigenvalue weighted by molar-refractivity contribution is 7.26. The SMILES string of the molecule is CCc1c(C)c(O)c(O)c2c(O)c(O)c(C)c(O)c12.Cc1ccc(-c2cccc(C)c2)cc1.Cc1ccc2c3c4c(ccc3n(-c3c(O)c(O)c(O)c(O)c3O)c2c1)sc1ccccc14.Cc1ccc2ccccc2c1.Cc1ccccc1. The zero-order valence-corrected chi connectivity index (χ0v) is 48.1. The minimum Gasteiger partial charge on any atom is -0.507 e. The molecule has 0 radical (unpaired) electrons. The molecule has 0 aliphatic rings. The third-order valence-electron chi connectivity index (χ3n) is 14.8. The van der Waals surface area contributed by atoms with E-state index in [4.69, 9.17) is 0 Å². The fraction of sp³-hybridized carbons (Fsp3) is 0.127. The number of hydrogen-bond acceptors (Lipinski definition) is 11. The van der Waals surface area contributed by atoms with Gasteiger partial charge in [-0.1, -0.05) is 181 Å². The number of thiophene rings is 1. The topological polar surface area (TPSA) is 207 Å². The van der Waals surface area contributed by atoms with E-state index in [0.29, 0.717) is 28.6 Å². The fourth-order valence-electron chi connectivity index (χ4n) is 10.4. The van der Waals surface area contributed by atoms with E-state index >= 15 is 0 Å². The van der Waals surface area contributed by atoms with Gasteiger partial charge in [-0.2, -0.15) is 0 Å². The van der Waals surface area contributed by atoms with Crippen LogP contribution in [0.15, 0.2) is 176 Å². The molecule has 0 saturated carbocycles. The molecule has 0 saturated heterocycles. The number of hydrogen-bond donors (Lipinski definition) is 10. The molecule has 0 aliphatic heterocycles. The second-order valence-corrected chi connectivity index (χ2v) is 21.8. The van der Waals surface area contributed by atoms with E-state index in [1.165, 1.54) is 51.1 Å². The number of aryl methyl sites for hydroxylation is 6. The van der Waals surface area contributed by atoms with Crippen LogP contribution in [-0.4, -0.2) is 55.6 Å². The summed E-state index contributed by atoms with van der Waals surface area (Å²) >= 11 is 1.69. The molecule has 83 heavy (non-hydrogen) atoms. The zero-order valence-electron chi connectivity index (χ0n) is 47.3. The van der Waals surface area contributed by atoms with Crippen molar-refractivity contribution in [3.8, 4) is 74.3 Å². The number of aromatic hydroxyl groups is 10. The zero-order chi connectivity index (χ0) is 59.6. The van der Waals surface area contributed by atoms with Crippen molar-refractivity contribution in [1.29, 1.82) is 0 Å². The average Bonchev–Trinajstić information content (AvgIpc) is 3.22. The highest BCUT2D eigenvalue weighted by Crippen LogP contribution is 2.55. The minimum atomic E-state index is -0.980. The van der Waals surface area contributed by atoms with Crippen molar-refractivity contribution in [1.82, 2.24) is 4.57 Å². The Kier molecular flexibility index (Phi) is 16.6. The van der Waals surface area contributed by atoms with Gasteiger partial charge in [0, 0.05) is 41.9 Å². The number of rotatable bonds is 3. The molecule has 11 nitrogen and oxygen atoms in total. The van der Waals surface area contributed by atoms with Gasteiger partial charge in [-0.15, -0.1) is 11.3 Å². The number of phenolic OH excluding ortho intramolecular Hbond substituents is 10. The summed E-state index contributed by atoms with van der Waals surface area (Å²) in [6.07, 6.45) is 0.493. The first-order valence-electron chi connectivity index (χ1n) is 27.0. The predicted molar refractivity (Wildman–Crippen MR) is 339 cm³/mol. The van der Waals surface area contributed by atoms with Gasteiger partial charge in [-0.05, 0) is 118 Å². The maximum absolute atomic E-state index is 10.7. The van der Waals surface area contributed by atoms with Crippen LogP contribution in [0, 0.1) is 48.5 Å². The third kappa shape index (κ3) is 11.2. The van der Waals surface area contributed by atoms with E-state index in [0.717, 1.165) is 36.5 Å². The molecule has 0 unspecified atom stereocenters. The van der Waals surface area contributed by atoms with Gasteiger partial charge >= 0.3 is 0 Å². The first-order chi connectivity index (χ1) is 39.7. The molecule has 0 fully saturated rings. The molecular formula is C71H65NO10S. The Hall–Kier alpha value is -10.0. The van der Waals surface area contributed by atoms with E-state index < -0.39 is 46.0 Å². The summed E-state index contributed by atoms with van der Waals surface area (Å²) in [5, 5.41) is 108. The summed E-state index contributed by atoms with van der Waals surface area (Å²) in [6, 6.07) is 60.3. The molecule has 11 aromatic carbocycles. The van der Waals surface area contributed by atoms with Crippen molar-refractivity contribution in [2.45, 2.75) is 61.8 Å². The molecule has 10 N–H and O–H groups in total. The number of benzene rings is 11. The fourth-order valence-corrected chi connectivity index (χ4v) is 11.5. The number of phenols is 10. The molecule has 13 rings (SSSR count). The van der Waals surface area contributed by atoms with Gasteiger partial charge in [0.1, 0.15) is 11.4 Å². The number of aromatic nitrogens is 1. The van der Waals surface area contributed by atoms with Crippen molar-refractivity contribution in [3.63, 3.8) is 0 Å². The largest absolute Gasteiger partial charge is 0.507 e. The smallest absolute Gasteiger partial charge is 0.208 e. The van der Waals surface area contributed by atoms with Gasteiger partial charge in [0.05, 0.1) is 16.4 Å². The maximum Gasteiger partial charge on any atom is 0.208 e. The highest BCUT2D eigenvalue weighted by atomic mass is 32.1. The predicted octanol–water partition coefficient (Wildman–Crippen LogP) is 17.6. The van der Waals surface area contributed by atoms with Crippen LogP contribution in [0.25, 0.3) is 80.3 Å². The molecule has 0 bridgehead atoms. The summed E-state index contributed by atoms with van der Waals surface area (Å²) in [7, 11) is 0. The lowest BCUT2D eigenvalue weighted by Crippen LogP contribution is -1.96. The minimum absolute atomic E-state index is 0.129. The summed E-state index contributed by atoms with van der Waals surface area (Å²) in [6.45, 7) is 15.3. The van der Waals surface area contributed by atoms with Crippen LogP contribution in [0.3, 0.4) is 0 Å². The van der Waals surface area contributed by atoms with Gasteiger partial charge in [-0.25, -0.2) is 0 Å². The lowest BCUT2D eigenvalue weighted by Gasteiger charge is -2.17. The van der Waals surface area contributed by atoms with Crippen molar-refractivity contribution in [3.05, 3.63) is 220 Å². The molecule has 2 heterocycles. The molecule has 0 aliphatic carbocycles. The second kappa shape index (κ2) is 24.0. The Balaban J connectivity index is 0.000000138. The van der Waals surface area contributed by atoms with Gasteiger partial charge in [0.25, 0.3) is 0 Å². The summed E-state index contributed by atoms with van der Waals surface area (Å²) in [4.78, 5) is 0. The van der Waals surface area contributed by atoms with Crippen LogP contribution >= 0.6 is 11.3 Å². The van der Waals surface area contributed by atoms with Gasteiger partial charge < -0.3 is 55.6 Å². The molecule has 13 aromatic rings. The summed E-state index contributed by atoms with van der Waals surface area (Å²) in [5.41, 5.74) is 11.1. The Morgan fingerprint density at radius 2 is 0.867 bits per heavy atom. The van der Waals surface area contributed by atoms with Crippen molar-refractivity contribution < 1.29 is 51.1 Å². The molecule has 2 aromatic heterocycles. The van der Waals surface area contributed by atoms with Crippen molar-refractivity contribution >= 4 is 74.9 Å². The standard InChI is InChI=1S/C25H17NO5S.C14H16O5.C14H14.C11H10.C7H8/c1-11-6-7-12-15(10-11)26(20-21(27)23(29)25(31)24(30)22(20)28)14-8-9-17-19(18(12)14)13-4-2-3-5-16(13)32-17;1-4-7-5(2)11(16)13(18)9-8(7)10(15)6(3)12(17)14(9)19;1-11-6-8-13(9-7-11)14-5-3-4-12(2)10-14;1-9-6-7-10-4-2-3-5-11(10)8-9;1-7-5-3-2-4-6-7/h2-10,27-31H,1H3;15-19H,4H2,1-3H3;3-10H,1-2H3;2-8H,1H3;2-6H,1H3. The van der Waals surface area contributed by atoms with Crippen molar-refractivity contribution in [2.75, 3.05) is 0 Å². The van der Waals surface area contributed by atoms with E-state index in [-0.39, 0.29) is 33.5 Å². The van der Waals surface area contributed by atoms with Gasteiger partial charge in [0.15, 0.2) is 34.5 Å². The van der Waals surface area contributed by atoms with E-state index in [2.05, 4.69) is 143 Å². The lowest BCUT2D eigenvalue weighted by molar-refractivity contribution is 0.327. The number of nitrogens with zero attached hydrogens (tertiary/aromatic N) is 1. The average molecular weight is 1120 g/mol. The third-order valence-corrected chi connectivity index (χ3v) is 16.0. The van der Waals surface area contributed by atoms with E-state index in [1.807, 2.05) is 74.5 Å². The van der Waals surface area contributed by atoms with Crippen LogP contribution in [0.4, 0.5) is 0 Å². The molecular weight excluding hydrogens is 1060 g/mol. The Bertz CT molecular complexity index is 4530. The van der Waals surface area contributed by atoms with Crippen LogP contribution in [-0.2, 0) is 6.42 Å². The summed E-state index contributed by atoms with van der Waals surface area (Å²) < 4.78 is 3.85. The highest BCUT2D eigenvalue weighted by Gasteiger charge is 2.29. The maximum atomic E-state index is 10.7. The van der Waals surface area contributed by atoms with E-state index in [9.17, 15) is 51.1 Å². The van der Waals surface area contributed by atoms with Crippen molar-refractivity contribution in [2.24, 2.45) is 0 Å². The molecule has 0 atom stereocenters. The number of fused-ring (bicyclic) bond motifs is 9. The molecule has 0 amide bonds. The van der Waals surface area contributed by atoms with Crippen LogP contribution < -0.4 is 0 Å². The van der Waals surface area contributed by atoms with Crippen LogP contribution in [0.2, 0.25) is 0 Å². The lowest BCUT2D eigenvalue weighted by atomic mass is 9.92. The molecule has 12 heteroatoms. The normalized spacial score (nSPS) is 10.9. The second-order valence-electron chi connectivity index (χ2n) is 20.7. The summed E-state index contributed by atoms with van der Waals surface area (Å²) in [5.74, 6) is -6.41. The Labute approximate surface area is 484 Å². The van der Waals surface area contributed by atoms with E-state index in [1.54, 1.807) is 22.8 Å². The van der Waals surface area contributed by atoms with Gasteiger partial charge in [-0.3, -0.25) is 0 Å². The molecule has 420 valence electrons. The quantitative estimate of drug-likeness (QED) is 0.0598. The Morgan fingerprint density at radius 3 is 1.51 bits per heavy atom.